The fourth-order valence-electron chi connectivity index (χ4n) is 4.67. The van der Waals surface area contributed by atoms with E-state index < -0.39 is 22.0 Å². The fourth-order valence-corrected chi connectivity index (χ4v) is 5.92. The maximum Gasteiger partial charge on any atom is 0.242 e. The van der Waals surface area contributed by atoms with Crippen molar-refractivity contribution in [3.8, 4) is 0 Å². The van der Waals surface area contributed by atoms with Crippen LogP contribution >= 0.6 is 0 Å². The third kappa shape index (κ3) is 5.60. The number of nitrogens with zero attached hydrogens (tertiary/aromatic N) is 1. The van der Waals surface area contributed by atoms with E-state index in [1.165, 1.54) is 6.07 Å². The molecular weight excluding hydrogens is 486 g/mol. The Bertz CT molecular complexity index is 1600. The number of sulfonamides is 1. The highest BCUT2D eigenvalue weighted by molar-refractivity contribution is 7.89. The average Bonchev–Trinajstić information content (AvgIpc) is 2.88. The molecule has 0 radical (unpaired) electrons. The van der Waals surface area contributed by atoms with Gasteiger partial charge in [0.1, 0.15) is 11.8 Å². The van der Waals surface area contributed by atoms with Crippen molar-refractivity contribution in [3.63, 3.8) is 0 Å². The summed E-state index contributed by atoms with van der Waals surface area (Å²) in [7, 11) is -4.02. The Morgan fingerprint density at radius 3 is 2.51 bits per heavy atom. The van der Waals surface area contributed by atoms with Gasteiger partial charge in [0, 0.05) is 23.9 Å². The predicted molar refractivity (Wildman–Crippen MR) is 143 cm³/mol. The number of carbonyl (C=O) groups excluding carboxylic acids is 2. The predicted octanol–water partition coefficient (Wildman–Crippen LogP) is 4.13. The van der Waals surface area contributed by atoms with Gasteiger partial charge in [-0.3, -0.25) is 14.6 Å². The van der Waals surface area contributed by atoms with E-state index in [1.54, 1.807) is 18.2 Å². The minimum absolute atomic E-state index is 0.0802. The van der Waals surface area contributed by atoms with Gasteiger partial charge in [0.15, 0.2) is 0 Å². The van der Waals surface area contributed by atoms with Crippen LogP contribution in [-0.2, 0) is 38.9 Å². The van der Waals surface area contributed by atoms with Crippen molar-refractivity contribution in [2.75, 3.05) is 5.32 Å². The fraction of sp³-hybridized carbons (Fsp3) is 0.207. The van der Waals surface area contributed by atoms with Gasteiger partial charge in [0.05, 0.1) is 16.1 Å². The van der Waals surface area contributed by atoms with E-state index in [0.717, 1.165) is 33.3 Å². The Morgan fingerprint density at radius 2 is 1.70 bits per heavy atom. The molecule has 8 heteroatoms. The summed E-state index contributed by atoms with van der Waals surface area (Å²) in [4.78, 5) is 29.9. The van der Waals surface area contributed by atoms with Gasteiger partial charge in [-0.2, -0.15) is 4.72 Å². The van der Waals surface area contributed by atoms with Gasteiger partial charge in [-0.15, -0.1) is 0 Å². The highest BCUT2D eigenvalue weighted by Crippen LogP contribution is 2.25. The molecule has 1 amide bonds. The van der Waals surface area contributed by atoms with E-state index in [4.69, 9.17) is 0 Å². The van der Waals surface area contributed by atoms with Crippen LogP contribution in [0.15, 0.2) is 83.8 Å². The van der Waals surface area contributed by atoms with Crippen LogP contribution in [0.5, 0.6) is 0 Å². The minimum atomic E-state index is -4.02. The molecule has 1 aliphatic rings. The van der Waals surface area contributed by atoms with Crippen molar-refractivity contribution in [2.45, 2.75) is 43.5 Å². The maximum absolute atomic E-state index is 13.6. The van der Waals surface area contributed by atoms with Crippen molar-refractivity contribution >= 4 is 38.3 Å². The lowest BCUT2D eigenvalue weighted by Crippen LogP contribution is -2.45. The molecule has 0 fully saturated rings. The summed E-state index contributed by atoms with van der Waals surface area (Å²) in [5.74, 6) is -0.313. The first-order valence-electron chi connectivity index (χ1n) is 12.2. The zero-order valence-electron chi connectivity index (χ0n) is 20.4. The van der Waals surface area contributed by atoms with E-state index in [1.807, 2.05) is 61.5 Å². The Kier molecular flexibility index (Phi) is 6.86. The molecule has 3 aromatic carbocycles. The smallest absolute Gasteiger partial charge is 0.242 e. The van der Waals surface area contributed by atoms with Crippen molar-refractivity contribution in [3.05, 3.63) is 101 Å². The van der Waals surface area contributed by atoms with Crippen LogP contribution in [0.3, 0.4) is 0 Å². The van der Waals surface area contributed by atoms with Gasteiger partial charge in [-0.25, -0.2) is 8.42 Å². The zero-order valence-corrected chi connectivity index (χ0v) is 21.2. The number of pyridine rings is 1. The molecular formula is C29H27N3O4S. The lowest BCUT2D eigenvalue weighted by atomic mass is 9.91. The van der Waals surface area contributed by atoms with Gasteiger partial charge in [0.2, 0.25) is 15.9 Å². The first kappa shape index (κ1) is 24.8. The molecule has 0 spiro atoms. The number of para-hydroxylation sites is 1. The third-order valence-electron chi connectivity index (χ3n) is 6.55. The van der Waals surface area contributed by atoms with Crippen LogP contribution in [0.2, 0.25) is 0 Å². The van der Waals surface area contributed by atoms with E-state index in [2.05, 4.69) is 15.0 Å². The van der Waals surface area contributed by atoms with E-state index in [0.29, 0.717) is 24.9 Å². The number of anilines is 1. The molecule has 1 atom stereocenters. The number of carbonyl (C=O) groups is 2. The molecule has 0 saturated carbocycles. The Labute approximate surface area is 216 Å². The van der Waals surface area contributed by atoms with Crippen molar-refractivity contribution in [2.24, 2.45) is 0 Å². The summed E-state index contributed by atoms with van der Waals surface area (Å²) >= 11 is 0. The number of fused-ring (bicyclic) bond motifs is 2. The highest BCUT2D eigenvalue weighted by Gasteiger charge is 2.28. The monoisotopic (exact) mass is 513 g/mol. The Hall–Kier alpha value is -3.88. The topological polar surface area (TPSA) is 105 Å². The second-order valence-corrected chi connectivity index (χ2v) is 11.0. The summed E-state index contributed by atoms with van der Waals surface area (Å²) in [6.45, 7) is 1.84. The van der Waals surface area contributed by atoms with Gasteiger partial charge < -0.3 is 5.32 Å². The summed E-state index contributed by atoms with van der Waals surface area (Å²) < 4.78 is 29.5. The molecule has 4 aromatic rings. The van der Waals surface area contributed by atoms with Crippen LogP contribution in [0, 0.1) is 6.92 Å². The number of rotatable bonds is 7. The van der Waals surface area contributed by atoms with Crippen LogP contribution in [0.1, 0.15) is 28.8 Å². The van der Waals surface area contributed by atoms with Crippen molar-refractivity contribution in [1.82, 2.24) is 9.71 Å². The van der Waals surface area contributed by atoms with Crippen molar-refractivity contribution in [1.29, 1.82) is 0 Å². The average molecular weight is 514 g/mol. The number of Topliss-reactive ketones (excluding diaryl/α,β-unsaturated/α-hetero) is 1. The van der Waals surface area contributed by atoms with Crippen LogP contribution < -0.4 is 10.0 Å². The first-order chi connectivity index (χ1) is 17.8. The number of hydrogen-bond donors (Lipinski definition) is 2. The van der Waals surface area contributed by atoms with Gasteiger partial charge >= 0.3 is 0 Å². The summed E-state index contributed by atoms with van der Waals surface area (Å²) in [5, 5.41) is 3.70. The largest absolute Gasteiger partial charge is 0.324 e. The Balaban J connectivity index is 1.45. The molecule has 0 saturated heterocycles. The summed E-state index contributed by atoms with van der Waals surface area (Å²) in [6.07, 6.45) is 1.41. The third-order valence-corrected chi connectivity index (χ3v) is 8.02. The van der Waals surface area contributed by atoms with E-state index in [9.17, 15) is 18.0 Å². The quantitative estimate of drug-likeness (QED) is 0.387. The number of aromatic nitrogens is 1. The van der Waals surface area contributed by atoms with E-state index in [-0.39, 0.29) is 17.1 Å². The van der Waals surface area contributed by atoms with Gasteiger partial charge in [-0.05, 0) is 60.7 Å². The molecule has 37 heavy (non-hydrogen) atoms. The molecule has 1 heterocycles. The number of hydrogen-bond acceptors (Lipinski definition) is 5. The van der Waals surface area contributed by atoms with Crippen LogP contribution in [0.25, 0.3) is 10.9 Å². The number of amides is 1. The standard InChI is InChI=1S/C29H27N3O4S/c1-19-15-27(25-9-5-6-10-26(25)30-19)31-29(34)28(16-20-7-3-2-4-8-20)32-37(35,36)24-14-12-21-17-23(33)13-11-22(21)18-24/h2-10,12,14-15,18,28,32H,11,13,16-17H2,1H3,(H,30,31,34). The molecule has 188 valence electrons. The molecule has 1 unspecified atom stereocenters. The number of nitrogens with one attached hydrogen (secondary N) is 2. The first-order valence-corrected chi connectivity index (χ1v) is 13.6. The molecule has 0 bridgehead atoms. The molecule has 5 rings (SSSR count). The van der Waals surface area contributed by atoms with Gasteiger partial charge in [0.25, 0.3) is 0 Å². The van der Waals surface area contributed by atoms with Crippen LogP contribution in [-0.4, -0.2) is 31.1 Å². The lowest BCUT2D eigenvalue weighted by Gasteiger charge is -2.21. The second kappa shape index (κ2) is 10.2. The highest BCUT2D eigenvalue weighted by atomic mass is 32.2. The Morgan fingerprint density at radius 1 is 0.946 bits per heavy atom. The number of benzene rings is 3. The maximum atomic E-state index is 13.6. The van der Waals surface area contributed by atoms with Gasteiger partial charge in [-0.1, -0.05) is 54.6 Å². The molecule has 1 aliphatic carbocycles. The zero-order chi connectivity index (χ0) is 26.0. The second-order valence-electron chi connectivity index (χ2n) is 9.33. The SMILES string of the molecule is Cc1cc(NC(=O)C(Cc2ccccc2)NS(=O)(=O)c2ccc3c(c2)CCC(=O)C3)c2ccccc2n1. The summed E-state index contributed by atoms with van der Waals surface area (Å²) in [6, 6.07) is 22.3. The lowest BCUT2D eigenvalue weighted by molar-refractivity contribution is -0.119. The minimum Gasteiger partial charge on any atom is -0.324 e. The molecule has 2 N–H and O–H groups in total. The molecule has 7 nitrogen and oxygen atoms in total. The normalized spacial score (nSPS) is 14.2. The molecule has 1 aromatic heterocycles. The van der Waals surface area contributed by atoms with Crippen molar-refractivity contribution < 1.29 is 18.0 Å². The number of ketones is 1. The summed E-state index contributed by atoms with van der Waals surface area (Å²) in [5.41, 5.74) is 4.58. The van der Waals surface area contributed by atoms with Crippen LogP contribution in [0.4, 0.5) is 5.69 Å². The number of aryl methyl sites for hydroxylation is 2. The molecule has 0 aliphatic heterocycles. The van der Waals surface area contributed by atoms with E-state index >= 15 is 0 Å².